The highest BCUT2D eigenvalue weighted by atomic mass is 35.5. The maximum atomic E-state index is 11.7. The number of nitrogens with zero attached hydrogens (tertiary/aromatic N) is 1. The fraction of sp³-hybridized carbons (Fsp3) is 0.444. The Morgan fingerprint density at radius 1 is 1.50 bits per heavy atom. The van der Waals surface area contributed by atoms with Crippen LogP contribution in [0.4, 0.5) is 0 Å². The summed E-state index contributed by atoms with van der Waals surface area (Å²) in [5, 5.41) is 1.45. The van der Waals surface area contributed by atoms with Crippen molar-refractivity contribution in [3.05, 3.63) is 23.1 Å². The maximum absolute atomic E-state index is 11.7. The lowest BCUT2D eigenvalue weighted by Gasteiger charge is -2.25. The van der Waals surface area contributed by atoms with Crippen LogP contribution in [0.5, 0.6) is 0 Å². The molecule has 1 amide bonds. The van der Waals surface area contributed by atoms with Crippen LogP contribution in [0, 0.1) is 0 Å². The molecule has 1 aromatic rings. The van der Waals surface area contributed by atoms with E-state index in [2.05, 4.69) is 0 Å². The minimum absolute atomic E-state index is 0.115. The second-order valence-electron chi connectivity index (χ2n) is 3.06. The zero-order valence-corrected chi connectivity index (χ0v) is 8.29. The Hall–Kier alpha value is -1.00. The number of hydroxylamine groups is 2. The van der Waals surface area contributed by atoms with Crippen molar-refractivity contribution in [2.45, 2.75) is 12.8 Å². The van der Waals surface area contributed by atoms with Crippen LogP contribution in [0.2, 0.25) is 5.22 Å². The third kappa shape index (κ3) is 1.76. The monoisotopic (exact) mass is 215 g/mol. The smallest absolute Gasteiger partial charge is 0.282 e. The van der Waals surface area contributed by atoms with Gasteiger partial charge in [-0.05, 0) is 30.5 Å². The standard InChI is InChI=1S/C9H10ClNO3/c10-8-7(3-6-13-8)9(12)11-4-1-2-5-14-11/h3,6H,1-2,4-5H2. The molecule has 4 nitrogen and oxygen atoms in total. The third-order valence-electron chi connectivity index (χ3n) is 2.08. The first-order valence-corrected chi connectivity index (χ1v) is 4.84. The number of halogens is 1. The SMILES string of the molecule is O=C(c1ccoc1Cl)N1CCCCO1. The molecule has 0 spiro atoms. The highest BCUT2D eigenvalue weighted by Gasteiger charge is 2.22. The summed E-state index contributed by atoms with van der Waals surface area (Å²) >= 11 is 5.68. The highest BCUT2D eigenvalue weighted by molar-refractivity contribution is 6.32. The molecule has 2 heterocycles. The summed E-state index contributed by atoms with van der Waals surface area (Å²) in [7, 11) is 0. The lowest BCUT2D eigenvalue weighted by Crippen LogP contribution is -2.35. The quantitative estimate of drug-likeness (QED) is 0.721. The average Bonchev–Trinajstić information content (AvgIpc) is 2.65. The molecule has 0 saturated carbocycles. The van der Waals surface area contributed by atoms with Crippen molar-refractivity contribution in [1.82, 2.24) is 5.06 Å². The van der Waals surface area contributed by atoms with E-state index in [0.717, 1.165) is 12.8 Å². The van der Waals surface area contributed by atoms with Gasteiger partial charge in [-0.1, -0.05) is 0 Å². The summed E-state index contributed by atoms with van der Waals surface area (Å²) in [6.07, 6.45) is 3.34. The predicted molar refractivity (Wildman–Crippen MR) is 49.9 cm³/mol. The molecule has 1 aromatic heterocycles. The molecule has 1 aliphatic heterocycles. The van der Waals surface area contributed by atoms with Gasteiger partial charge in [0.2, 0.25) is 5.22 Å². The molecule has 0 radical (unpaired) electrons. The van der Waals surface area contributed by atoms with E-state index in [-0.39, 0.29) is 11.1 Å². The van der Waals surface area contributed by atoms with E-state index in [1.165, 1.54) is 11.3 Å². The van der Waals surface area contributed by atoms with Gasteiger partial charge in [-0.3, -0.25) is 9.63 Å². The minimum Gasteiger partial charge on any atom is -0.452 e. The first kappa shape index (κ1) is 9.55. The Bertz CT molecular complexity index is 331. The van der Waals surface area contributed by atoms with Crippen LogP contribution in [0.25, 0.3) is 0 Å². The van der Waals surface area contributed by atoms with E-state index in [9.17, 15) is 4.79 Å². The van der Waals surface area contributed by atoms with Crippen LogP contribution in [-0.4, -0.2) is 24.1 Å². The summed E-state index contributed by atoms with van der Waals surface area (Å²) in [6.45, 7) is 1.20. The van der Waals surface area contributed by atoms with Gasteiger partial charge in [-0.25, -0.2) is 5.06 Å². The van der Waals surface area contributed by atoms with Crippen molar-refractivity contribution >= 4 is 17.5 Å². The largest absolute Gasteiger partial charge is 0.452 e. The zero-order chi connectivity index (χ0) is 9.97. The Labute approximate surface area is 86.3 Å². The van der Waals surface area contributed by atoms with Gasteiger partial charge in [-0.2, -0.15) is 0 Å². The molecule has 1 aliphatic rings. The summed E-state index contributed by atoms with van der Waals surface area (Å²) in [5.41, 5.74) is 0.355. The average molecular weight is 216 g/mol. The molecule has 5 heteroatoms. The minimum atomic E-state index is -0.233. The number of rotatable bonds is 1. The van der Waals surface area contributed by atoms with Crippen molar-refractivity contribution in [1.29, 1.82) is 0 Å². The van der Waals surface area contributed by atoms with Crippen molar-refractivity contribution < 1.29 is 14.0 Å². The van der Waals surface area contributed by atoms with Gasteiger partial charge in [0.15, 0.2) is 0 Å². The molecular formula is C9H10ClNO3. The molecule has 1 fully saturated rings. The zero-order valence-electron chi connectivity index (χ0n) is 7.53. The van der Waals surface area contributed by atoms with Crippen LogP contribution in [0.1, 0.15) is 23.2 Å². The van der Waals surface area contributed by atoms with E-state index in [1.807, 2.05) is 0 Å². The summed E-state index contributed by atoms with van der Waals surface area (Å²) in [6, 6.07) is 1.54. The van der Waals surface area contributed by atoms with Gasteiger partial charge in [0.25, 0.3) is 5.91 Å². The molecule has 0 aromatic carbocycles. The number of carbonyl (C=O) groups is 1. The number of carbonyl (C=O) groups excluding carboxylic acids is 1. The first-order valence-electron chi connectivity index (χ1n) is 4.47. The summed E-state index contributed by atoms with van der Waals surface area (Å²) in [4.78, 5) is 16.9. The number of hydrogen-bond donors (Lipinski definition) is 0. The van der Waals surface area contributed by atoms with Crippen LogP contribution in [0.3, 0.4) is 0 Å². The van der Waals surface area contributed by atoms with E-state index in [1.54, 1.807) is 6.07 Å². The highest BCUT2D eigenvalue weighted by Crippen LogP contribution is 2.20. The molecule has 0 N–H and O–H groups in total. The second-order valence-corrected chi connectivity index (χ2v) is 3.40. The lowest BCUT2D eigenvalue weighted by atomic mass is 10.2. The van der Waals surface area contributed by atoms with Crippen molar-refractivity contribution in [2.75, 3.05) is 13.2 Å². The summed E-state index contributed by atoms with van der Waals surface area (Å²) in [5.74, 6) is -0.233. The fourth-order valence-electron chi connectivity index (χ4n) is 1.34. The van der Waals surface area contributed by atoms with Crippen molar-refractivity contribution in [3.8, 4) is 0 Å². The number of amides is 1. The van der Waals surface area contributed by atoms with Gasteiger partial charge in [0.1, 0.15) is 0 Å². The first-order chi connectivity index (χ1) is 6.79. The molecule has 1 saturated heterocycles. The van der Waals surface area contributed by atoms with Crippen LogP contribution < -0.4 is 0 Å². The normalized spacial score (nSPS) is 17.1. The predicted octanol–water partition coefficient (Wildman–Crippen LogP) is 2.10. The molecule has 0 bridgehead atoms. The molecule has 14 heavy (non-hydrogen) atoms. The summed E-state index contributed by atoms with van der Waals surface area (Å²) < 4.78 is 4.84. The Balaban J connectivity index is 2.11. The van der Waals surface area contributed by atoms with E-state index >= 15 is 0 Å². The van der Waals surface area contributed by atoms with Gasteiger partial charge in [0, 0.05) is 6.54 Å². The second kappa shape index (κ2) is 4.02. The van der Waals surface area contributed by atoms with Gasteiger partial charge in [0.05, 0.1) is 18.4 Å². The molecule has 76 valence electrons. The molecule has 2 rings (SSSR count). The van der Waals surface area contributed by atoms with Crippen molar-refractivity contribution in [3.63, 3.8) is 0 Å². The Morgan fingerprint density at radius 3 is 2.93 bits per heavy atom. The molecule has 0 atom stereocenters. The van der Waals surface area contributed by atoms with E-state index in [4.69, 9.17) is 20.9 Å². The van der Waals surface area contributed by atoms with Crippen LogP contribution in [-0.2, 0) is 4.84 Å². The molecule has 0 unspecified atom stereocenters. The maximum Gasteiger partial charge on any atom is 0.282 e. The van der Waals surface area contributed by atoms with Gasteiger partial charge < -0.3 is 4.42 Å². The molecular weight excluding hydrogens is 206 g/mol. The van der Waals surface area contributed by atoms with Crippen LogP contribution >= 0.6 is 11.6 Å². The number of furan rings is 1. The fourth-order valence-corrected chi connectivity index (χ4v) is 1.53. The lowest BCUT2D eigenvalue weighted by molar-refractivity contribution is -0.144. The van der Waals surface area contributed by atoms with E-state index in [0.29, 0.717) is 18.7 Å². The van der Waals surface area contributed by atoms with Crippen molar-refractivity contribution in [2.24, 2.45) is 0 Å². The Kier molecular flexibility index (Phi) is 2.74. The third-order valence-corrected chi connectivity index (χ3v) is 2.37. The number of hydrogen-bond acceptors (Lipinski definition) is 3. The van der Waals surface area contributed by atoms with Gasteiger partial charge >= 0.3 is 0 Å². The molecule has 0 aliphatic carbocycles. The van der Waals surface area contributed by atoms with E-state index < -0.39 is 0 Å². The van der Waals surface area contributed by atoms with Crippen LogP contribution in [0.15, 0.2) is 16.7 Å². The van der Waals surface area contributed by atoms with Gasteiger partial charge in [-0.15, -0.1) is 0 Å². The Morgan fingerprint density at radius 2 is 2.36 bits per heavy atom. The topological polar surface area (TPSA) is 42.7 Å².